The van der Waals surface area contributed by atoms with Gasteiger partial charge in [0.25, 0.3) is 5.56 Å². The molecule has 0 spiro atoms. The average Bonchev–Trinajstić information content (AvgIpc) is 3.15. The van der Waals surface area contributed by atoms with Crippen molar-refractivity contribution in [3.63, 3.8) is 0 Å². The SMILES string of the molecule is CCCCn1nc(C(=O)Oc2cccc(Cc3n[nH]c(=O)c4ccccc34)c2)cc1C. The van der Waals surface area contributed by atoms with Gasteiger partial charge in [0.1, 0.15) is 5.75 Å². The number of carbonyl (C=O) groups excluding carboxylic acids is 1. The van der Waals surface area contributed by atoms with Crippen molar-refractivity contribution >= 4 is 16.7 Å². The van der Waals surface area contributed by atoms with Crippen LogP contribution in [0.1, 0.15) is 47.2 Å². The largest absolute Gasteiger partial charge is 0.422 e. The highest BCUT2D eigenvalue weighted by atomic mass is 16.5. The fraction of sp³-hybridized carbons (Fsp3) is 0.250. The summed E-state index contributed by atoms with van der Waals surface area (Å²) in [5.41, 5.74) is 2.69. The molecule has 0 aliphatic rings. The fourth-order valence-corrected chi connectivity index (χ4v) is 3.52. The van der Waals surface area contributed by atoms with Crippen molar-refractivity contribution in [3.8, 4) is 5.75 Å². The van der Waals surface area contributed by atoms with Gasteiger partial charge in [0, 0.05) is 24.0 Å². The molecule has 0 fully saturated rings. The summed E-state index contributed by atoms with van der Waals surface area (Å²) < 4.78 is 7.40. The summed E-state index contributed by atoms with van der Waals surface area (Å²) in [4.78, 5) is 24.6. The van der Waals surface area contributed by atoms with E-state index in [-0.39, 0.29) is 5.56 Å². The van der Waals surface area contributed by atoms with Crippen LogP contribution in [0.2, 0.25) is 0 Å². The number of carbonyl (C=O) groups is 1. The van der Waals surface area contributed by atoms with Gasteiger partial charge in [-0.1, -0.05) is 43.7 Å². The smallest absolute Gasteiger partial charge is 0.364 e. The first-order valence-electron chi connectivity index (χ1n) is 10.4. The predicted octanol–water partition coefficient (Wildman–Crippen LogP) is 4.04. The zero-order valence-electron chi connectivity index (χ0n) is 17.6. The van der Waals surface area contributed by atoms with Gasteiger partial charge in [-0.25, -0.2) is 9.89 Å². The lowest BCUT2D eigenvalue weighted by molar-refractivity contribution is 0.0727. The minimum atomic E-state index is -0.483. The van der Waals surface area contributed by atoms with E-state index in [0.717, 1.165) is 41.7 Å². The first-order valence-corrected chi connectivity index (χ1v) is 10.4. The molecule has 0 atom stereocenters. The Hall–Kier alpha value is -3.74. The van der Waals surface area contributed by atoms with Crippen molar-refractivity contribution < 1.29 is 9.53 Å². The number of unbranched alkanes of at least 4 members (excludes halogenated alkanes) is 1. The molecule has 1 N–H and O–H groups in total. The van der Waals surface area contributed by atoms with Gasteiger partial charge >= 0.3 is 5.97 Å². The van der Waals surface area contributed by atoms with Crippen LogP contribution in [0.15, 0.2) is 59.4 Å². The number of H-pyrrole nitrogens is 1. The molecule has 4 aromatic rings. The maximum atomic E-state index is 12.6. The number of benzene rings is 2. The van der Waals surface area contributed by atoms with E-state index in [9.17, 15) is 9.59 Å². The second-order valence-corrected chi connectivity index (χ2v) is 7.51. The van der Waals surface area contributed by atoms with E-state index in [4.69, 9.17) is 4.74 Å². The van der Waals surface area contributed by atoms with Crippen LogP contribution < -0.4 is 10.3 Å². The van der Waals surface area contributed by atoms with Crippen LogP contribution in [-0.2, 0) is 13.0 Å². The third-order valence-corrected chi connectivity index (χ3v) is 5.17. The molecule has 0 amide bonds. The zero-order chi connectivity index (χ0) is 21.8. The molecular weight excluding hydrogens is 392 g/mol. The van der Waals surface area contributed by atoms with Crippen LogP contribution in [0.5, 0.6) is 5.75 Å². The highest BCUT2D eigenvalue weighted by molar-refractivity contribution is 5.89. The van der Waals surface area contributed by atoms with Gasteiger partial charge in [-0.2, -0.15) is 10.2 Å². The van der Waals surface area contributed by atoms with Crippen molar-refractivity contribution in [1.82, 2.24) is 20.0 Å². The molecule has 4 rings (SSSR count). The molecule has 0 aliphatic carbocycles. The van der Waals surface area contributed by atoms with E-state index in [2.05, 4.69) is 22.2 Å². The number of nitrogens with one attached hydrogen (secondary N) is 1. The van der Waals surface area contributed by atoms with E-state index >= 15 is 0 Å². The van der Waals surface area contributed by atoms with E-state index in [1.807, 2.05) is 41.9 Å². The Kier molecular flexibility index (Phi) is 5.93. The molecule has 31 heavy (non-hydrogen) atoms. The van der Waals surface area contributed by atoms with Crippen molar-refractivity contribution in [3.05, 3.63) is 87.6 Å². The first kappa shape index (κ1) is 20.5. The van der Waals surface area contributed by atoms with Gasteiger partial charge in [-0.05, 0) is 43.2 Å². The number of hydrogen-bond donors (Lipinski definition) is 1. The number of aryl methyl sites for hydroxylation is 2. The monoisotopic (exact) mass is 416 g/mol. The van der Waals surface area contributed by atoms with Crippen LogP contribution in [-0.4, -0.2) is 25.9 Å². The summed E-state index contributed by atoms with van der Waals surface area (Å²) in [6.45, 7) is 4.83. The Morgan fingerprint density at radius 1 is 1.10 bits per heavy atom. The Morgan fingerprint density at radius 2 is 1.90 bits per heavy atom. The van der Waals surface area contributed by atoms with Crippen molar-refractivity contribution in [2.75, 3.05) is 0 Å². The summed E-state index contributed by atoms with van der Waals surface area (Å²) >= 11 is 0. The minimum Gasteiger partial charge on any atom is -0.422 e. The standard InChI is InChI=1S/C24H24N4O3/c1-3-4-12-28-16(2)13-22(27-28)24(30)31-18-9-7-8-17(14-18)15-21-19-10-5-6-11-20(19)23(29)26-25-21/h5-11,13-14H,3-4,12,15H2,1-2H3,(H,26,29). The fourth-order valence-electron chi connectivity index (χ4n) is 3.52. The maximum absolute atomic E-state index is 12.6. The number of rotatable bonds is 7. The average molecular weight is 416 g/mol. The zero-order valence-corrected chi connectivity index (χ0v) is 17.6. The molecular formula is C24H24N4O3. The molecule has 0 bridgehead atoms. The molecule has 7 nitrogen and oxygen atoms in total. The molecule has 0 radical (unpaired) electrons. The topological polar surface area (TPSA) is 89.9 Å². The summed E-state index contributed by atoms with van der Waals surface area (Å²) in [7, 11) is 0. The summed E-state index contributed by atoms with van der Waals surface area (Å²) in [5, 5.41) is 12.6. The van der Waals surface area contributed by atoms with E-state index in [1.54, 1.807) is 24.3 Å². The molecule has 0 saturated heterocycles. The molecule has 2 aromatic heterocycles. The highest BCUT2D eigenvalue weighted by Gasteiger charge is 2.15. The number of esters is 1. The number of aromatic nitrogens is 4. The molecule has 0 unspecified atom stereocenters. The number of ether oxygens (including phenoxy) is 1. The van der Waals surface area contributed by atoms with Gasteiger partial charge < -0.3 is 4.74 Å². The maximum Gasteiger partial charge on any atom is 0.364 e. The van der Waals surface area contributed by atoms with Gasteiger partial charge in [0.15, 0.2) is 5.69 Å². The van der Waals surface area contributed by atoms with Gasteiger partial charge in [-0.3, -0.25) is 9.48 Å². The van der Waals surface area contributed by atoms with Crippen LogP contribution in [0.3, 0.4) is 0 Å². The lowest BCUT2D eigenvalue weighted by Gasteiger charge is -2.07. The van der Waals surface area contributed by atoms with Crippen LogP contribution >= 0.6 is 0 Å². The second kappa shape index (κ2) is 8.95. The number of fused-ring (bicyclic) bond motifs is 1. The molecule has 2 heterocycles. The van der Waals surface area contributed by atoms with Gasteiger partial charge in [-0.15, -0.1) is 0 Å². The predicted molar refractivity (Wildman–Crippen MR) is 118 cm³/mol. The highest BCUT2D eigenvalue weighted by Crippen LogP contribution is 2.20. The van der Waals surface area contributed by atoms with E-state index < -0.39 is 5.97 Å². The second-order valence-electron chi connectivity index (χ2n) is 7.51. The van der Waals surface area contributed by atoms with Crippen LogP contribution in [0.4, 0.5) is 0 Å². The lowest BCUT2D eigenvalue weighted by atomic mass is 10.0. The molecule has 0 saturated carbocycles. The Balaban J connectivity index is 1.52. The Bertz CT molecular complexity index is 1290. The van der Waals surface area contributed by atoms with Crippen LogP contribution in [0.25, 0.3) is 10.8 Å². The number of hydrogen-bond acceptors (Lipinski definition) is 5. The van der Waals surface area contributed by atoms with Crippen molar-refractivity contribution in [1.29, 1.82) is 0 Å². The first-order chi connectivity index (χ1) is 15.0. The van der Waals surface area contributed by atoms with Gasteiger partial charge in [0.2, 0.25) is 0 Å². The summed E-state index contributed by atoms with van der Waals surface area (Å²) in [5.74, 6) is -0.0416. The lowest BCUT2D eigenvalue weighted by Crippen LogP contribution is -2.12. The molecule has 7 heteroatoms. The normalized spacial score (nSPS) is 11.0. The summed E-state index contributed by atoms with van der Waals surface area (Å²) in [6.07, 6.45) is 2.56. The quantitative estimate of drug-likeness (QED) is 0.363. The molecule has 0 aliphatic heterocycles. The van der Waals surface area contributed by atoms with Crippen LogP contribution in [0, 0.1) is 6.92 Å². The van der Waals surface area contributed by atoms with Gasteiger partial charge in [0.05, 0.1) is 11.1 Å². The number of aromatic amines is 1. The third kappa shape index (κ3) is 4.55. The minimum absolute atomic E-state index is 0.212. The Labute approximate surface area is 179 Å². The van der Waals surface area contributed by atoms with Crippen molar-refractivity contribution in [2.24, 2.45) is 0 Å². The number of nitrogens with zero attached hydrogens (tertiary/aromatic N) is 3. The summed E-state index contributed by atoms with van der Waals surface area (Å²) in [6, 6.07) is 16.4. The van der Waals surface area contributed by atoms with E-state index in [0.29, 0.717) is 23.3 Å². The third-order valence-electron chi connectivity index (χ3n) is 5.17. The molecule has 158 valence electrons. The van der Waals surface area contributed by atoms with Crippen molar-refractivity contribution in [2.45, 2.75) is 39.7 Å². The van der Waals surface area contributed by atoms with E-state index in [1.165, 1.54) is 0 Å². The Morgan fingerprint density at radius 3 is 2.71 bits per heavy atom. The molecule has 2 aromatic carbocycles.